The van der Waals surface area contributed by atoms with Gasteiger partial charge >= 0.3 is 0 Å². The van der Waals surface area contributed by atoms with E-state index in [-0.39, 0.29) is 5.91 Å². The van der Waals surface area contributed by atoms with Crippen molar-refractivity contribution in [1.82, 2.24) is 0 Å². The number of hydrogen-bond donors (Lipinski definition) is 0. The zero-order valence-corrected chi connectivity index (χ0v) is 18.3. The second-order valence-electron chi connectivity index (χ2n) is 7.83. The third-order valence-electron chi connectivity index (χ3n) is 6.04. The van der Waals surface area contributed by atoms with E-state index in [0.717, 1.165) is 11.3 Å². The molecule has 3 aromatic rings. The number of benzene rings is 3. The first-order valence-corrected chi connectivity index (χ1v) is 10.7. The molecule has 5 rings (SSSR count). The molecule has 0 saturated carbocycles. The van der Waals surface area contributed by atoms with Crippen LogP contribution in [0.1, 0.15) is 17.2 Å². The van der Waals surface area contributed by atoms with Crippen molar-refractivity contribution >= 4 is 34.8 Å². The van der Waals surface area contributed by atoms with Crippen molar-refractivity contribution in [3.05, 3.63) is 88.9 Å². The summed E-state index contributed by atoms with van der Waals surface area (Å²) in [6.07, 6.45) is -0.933. The maximum atomic E-state index is 13.7. The molecule has 2 aliphatic rings. The molecule has 3 aromatic carbocycles. The summed E-state index contributed by atoms with van der Waals surface area (Å²) >= 11 is 6.27. The van der Waals surface area contributed by atoms with Crippen molar-refractivity contribution in [1.29, 1.82) is 0 Å². The molecular formula is C25H21ClN2O4. The molecule has 0 aromatic heterocycles. The number of halogens is 1. The van der Waals surface area contributed by atoms with E-state index in [4.69, 9.17) is 21.2 Å². The van der Waals surface area contributed by atoms with E-state index in [1.54, 1.807) is 37.3 Å². The predicted molar refractivity (Wildman–Crippen MR) is 122 cm³/mol. The first-order valence-electron chi connectivity index (χ1n) is 10.3. The lowest BCUT2D eigenvalue weighted by Gasteiger charge is -2.29. The largest absolute Gasteiger partial charge is 0.497 e. The van der Waals surface area contributed by atoms with Gasteiger partial charge in [0.25, 0.3) is 5.91 Å². The van der Waals surface area contributed by atoms with Crippen molar-refractivity contribution in [3.8, 4) is 5.75 Å². The number of rotatable bonds is 4. The minimum absolute atomic E-state index is 0.309. The Labute approximate surface area is 190 Å². The third kappa shape index (κ3) is 3.15. The minimum Gasteiger partial charge on any atom is -0.497 e. The Balaban J connectivity index is 1.61. The third-order valence-corrected chi connectivity index (χ3v) is 6.45. The van der Waals surface area contributed by atoms with Crippen LogP contribution in [0, 0.1) is 12.8 Å². The number of anilines is 2. The van der Waals surface area contributed by atoms with Crippen molar-refractivity contribution in [2.75, 3.05) is 17.1 Å². The Kier molecular flexibility index (Phi) is 5.12. The highest BCUT2D eigenvalue weighted by Gasteiger charge is 2.60. The molecule has 0 aliphatic carbocycles. The first kappa shape index (κ1) is 20.5. The number of methoxy groups -OCH3 is 1. The summed E-state index contributed by atoms with van der Waals surface area (Å²) in [6, 6.07) is 21.7. The lowest BCUT2D eigenvalue weighted by Crippen LogP contribution is -2.37. The number of hydroxylamine groups is 1. The fourth-order valence-corrected chi connectivity index (χ4v) is 4.62. The molecule has 162 valence electrons. The summed E-state index contributed by atoms with van der Waals surface area (Å²) < 4.78 is 5.40. The summed E-state index contributed by atoms with van der Waals surface area (Å²) in [5, 5.41) is 2.17. The summed E-state index contributed by atoms with van der Waals surface area (Å²) in [5.41, 5.74) is 2.75. The fourth-order valence-electron chi connectivity index (χ4n) is 4.45. The molecule has 7 heteroatoms. The molecule has 3 atom stereocenters. The van der Waals surface area contributed by atoms with E-state index in [0.29, 0.717) is 22.0 Å². The quantitative estimate of drug-likeness (QED) is 0.541. The maximum absolute atomic E-state index is 13.7. The lowest BCUT2D eigenvalue weighted by atomic mass is 9.90. The number of imide groups is 1. The van der Waals surface area contributed by atoms with E-state index in [9.17, 15) is 9.59 Å². The van der Waals surface area contributed by atoms with E-state index in [1.165, 1.54) is 4.90 Å². The van der Waals surface area contributed by atoms with Crippen LogP contribution in [-0.4, -0.2) is 25.0 Å². The average Bonchev–Trinajstić information content (AvgIpc) is 3.33. The van der Waals surface area contributed by atoms with Gasteiger partial charge in [0.2, 0.25) is 5.91 Å². The van der Waals surface area contributed by atoms with Crippen LogP contribution in [0.5, 0.6) is 5.75 Å². The number of nitrogens with zero attached hydrogens (tertiary/aromatic N) is 2. The van der Waals surface area contributed by atoms with Crippen LogP contribution in [0.4, 0.5) is 11.4 Å². The molecule has 6 nitrogen and oxygen atoms in total. The Bertz CT molecular complexity index is 1200. The van der Waals surface area contributed by atoms with Gasteiger partial charge in [0, 0.05) is 5.02 Å². The molecule has 0 N–H and O–H groups in total. The molecular weight excluding hydrogens is 428 g/mol. The Morgan fingerprint density at radius 3 is 2.44 bits per heavy atom. The highest BCUT2D eigenvalue weighted by Crippen LogP contribution is 2.48. The molecule has 32 heavy (non-hydrogen) atoms. The van der Waals surface area contributed by atoms with Gasteiger partial charge in [-0.15, -0.1) is 0 Å². The molecule has 0 unspecified atom stereocenters. The molecule has 2 aliphatic heterocycles. The van der Waals surface area contributed by atoms with Gasteiger partial charge in [-0.3, -0.25) is 14.4 Å². The first-order chi connectivity index (χ1) is 15.5. The highest BCUT2D eigenvalue weighted by atomic mass is 35.5. The van der Waals surface area contributed by atoms with Crippen LogP contribution in [0.15, 0.2) is 72.8 Å². The van der Waals surface area contributed by atoms with Gasteiger partial charge < -0.3 is 4.74 Å². The van der Waals surface area contributed by atoms with E-state index in [1.807, 2.05) is 54.6 Å². The second-order valence-corrected chi connectivity index (χ2v) is 8.24. The number of amides is 2. The van der Waals surface area contributed by atoms with Gasteiger partial charge in [0.05, 0.1) is 24.5 Å². The standard InChI is InChI=1S/C25H21ClN2O4/c1-15-19(26)12-7-13-20(15)27-24(29)21-22(16-8-6-11-18(14-16)31-2)28(32-23(21)25(27)30)17-9-4-3-5-10-17/h3-14,21-23H,1-2H3/t21-,22+,23-/m1/s1. The van der Waals surface area contributed by atoms with Gasteiger partial charge in [0.1, 0.15) is 11.7 Å². The Morgan fingerprint density at radius 1 is 0.938 bits per heavy atom. The monoisotopic (exact) mass is 448 g/mol. The Hall–Kier alpha value is -3.35. The maximum Gasteiger partial charge on any atom is 0.266 e. The molecule has 2 fully saturated rings. The minimum atomic E-state index is -0.933. The van der Waals surface area contributed by atoms with E-state index in [2.05, 4.69) is 0 Å². The zero-order valence-electron chi connectivity index (χ0n) is 17.6. The SMILES string of the molecule is COc1cccc([C@H]2[C@H]3C(=O)N(c4cccc(Cl)c4C)C(=O)[C@@H]3ON2c2ccccc2)c1. The average molecular weight is 449 g/mol. The highest BCUT2D eigenvalue weighted by molar-refractivity contribution is 6.32. The molecule has 2 saturated heterocycles. The zero-order chi connectivity index (χ0) is 22.4. The van der Waals surface area contributed by atoms with Gasteiger partial charge in [-0.2, -0.15) is 0 Å². The van der Waals surface area contributed by atoms with Crippen LogP contribution >= 0.6 is 11.6 Å². The molecule has 0 spiro atoms. The topological polar surface area (TPSA) is 59.1 Å². The summed E-state index contributed by atoms with van der Waals surface area (Å²) in [7, 11) is 1.59. The normalized spacial score (nSPS) is 22.4. The summed E-state index contributed by atoms with van der Waals surface area (Å²) in [6.45, 7) is 1.79. The molecule has 0 radical (unpaired) electrons. The second kappa shape index (κ2) is 7.97. The van der Waals surface area contributed by atoms with Crippen molar-refractivity contribution in [3.63, 3.8) is 0 Å². The molecule has 2 amide bonds. The lowest BCUT2D eigenvalue weighted by molar-refractivity contribution is -0.126. The number of carbonyl (C=O) groups is 2. The smallest absolute Gasteiger partial charge is 0.266 e. The van der Waals surface area contributed by atoms with Crippen molar-refractivity contribution in [2.45, 2.75) is 19.1 Å². The fraction of sp³-hybridized carbons (Fsp3) is 0.200. The number of carbonyl (C=O) groups excluding carboxylic acids is 2. The van der Waals surface area contributed by atoms with E-state index < -0.39 is 24.0 Å². The summed E-state index contributed by atoms with van der Waals surface area (Å²) in [5.74, 6) is -0.750. The van der Waals surface area contributed by atoms with Crippen LogP contribution in [0.3, 0.4) is 0 Å². The van der Waals surface area contributed by atoms with Gasteiger partial charge in [-0.05, 0) is 54.4 Å². The van der Waals surface area contributed by atoms with Crippen LogP contribution in [0.2, 0.25) is 5.02 Å². The number of ether oxygens (including phenoxy) is 1. The molecule has 0 bridgehead atoms. The van der Waals surface area contributed by atoms with Crippen LogP contribution in [0.25, 0.3) is 0 Å². The van der Waals surface area contributed by atoms with Gasteiger partial charge in [0.15, 0.2) is 6.10 Å². The van der Waals surface area contributed by atoms with Crippen molar-refractivity contribution < 1.29 is 19.2 Å². The predicted octanol–water partition coefficient (Wildman–Crippen LogP) is 4.71. The van der Waals surface area contributed by atoms with Gasteiger partial charge in [-0.25, -0.2) is 9.96 Å². The molecule has 2 heterocycles. The number of hydrogen-bond acceptors (Lipinski definition) is 5. The van der Waals surface area contributed by atoms with Gasteiger partial charge in [-0.1, -0.05) is 48.0 Å². The van der Waals surface area contributed by atoms with E-state index >= 15 is 0 Å². The summed E-state index contributed by atoms with van der Waals surface area (Å²) in [4.78, 5) is 34.5. The van der Waals surface area contributed by atoms with Crippen molar-refractivity contribution in [2.24, 2.45) is 5.92 Å². The van der Waals surface area contributed by atoms with Crippen LogP contribution in [-0.2, 0) is 14.4 Å². The number of fused-ring (bicyclic) bond motifs is 1. The number of para-hydroxylation sites is 1. The Morgan fingerprint density at radius 2 is 1.69 bits per heavy atom. The van der Waals surface area contributed by atoms with Crippen LogP contribution < -0.4 is 14.7 Å².